The van der Waals surface area contributed by atoms with E-state index in [9.17, 15) is 5.11 Å². The van der Waals surface area contributed by atoms with Crippen molar-refractivity contribution in [2.75, 3.05) is 13.2 Å². The van der Waals surface area contributed by atoms with E-state index in [1.807, 2.05) is 18.2 Å². The summed E-state index contributed by atoms with van der Waals surface area (Å²) in [7, 11) is 0. The van der Waals surface area contributed by atoms with E-state index in [-0.39, 0.29) is 6.10 Å². The maximum absolute atomic E-state index is 9.59. The third-order valence-electron chi connectivity index (χ3n) is 1.73. The summed E-state index contributed by atoms with van der Waals surface area (Å²) < 4.78 is 6.49. The first-order valence-corrected chi connectivity index (χ1v) is 6.94. The van der Waals surface area contributed by atoms with Crippen molar-refractivity contribution in [2.45, 2.75) is 11.4 Å². The second-order valence-electron chi connectivity index (χ2n) is 3.10. The Balaban J connectivity index is 2.16. The Labute approximate surface area is 97.1 Å². The topological polar surface area (TPSA) is 29.5 Å². The molecule has 0 aliphatic carbocycles. The summed E-state index contributed by atoms with van der Waals surface area (Å²) in [4.78, 5) is 0. The fourth-order valence-electron chi connectivity index (χ4n) is 1.04. The van der Waals surface area contributed by atoms with E-state index >= 15 is 0 Å². The van der Waals surface area contributed by atoms with Gasteiger partial charge in [-0.2, -0.15) is 0 Å². The molecule has 3 heteroatoms. The molecule has 0 bridgehead atoms. The average Bonchev–Trinajstić information content (AvgIpc) is 2.28. The van der Waals surface area contributed by atoms with E-state index in [2.05, 4.69) is 18.7 Å². The van der Waals surface area contributed by atoms with Crippen LogP contribution < -0.4 is 4.46 Å². The number of aliphatic hydroxyl groups is 1. The number of hydrogen-bond donors (Lipinski definition) is 1. The van der Waals surface area contributed by atoms with Crippen LogP contribution in [-0.2, 0) is 4.74 Å². The number of aliphatic hydroxyl groups excluding tert-OH is 1. The van der Waals surface area contributed by atoms with Gasteiger partial charge in [0.15, 0.2) is 0 Å². The van der Waals surface area contributed by atoms with E-state index in [0.29, 0.717) is 28.2 Å². The van der Waals surface area contributed by atoms with E-state index in [1.165, 1.54) is 4.46 Å². The Morgan fingerprint density at radius 3 is 2.80 bits per heavy atom. The summed E-state index contributed by atoms with van der Waals surface area (Å²) in [6, 6.07) is 10.2. The molecule has 0 spiro atoms. The molecule has 1 aromatic carbocycles. The van der Waals surface area contributed by atoms with Gasteiger partial charge >= 0.3 is 96.9 Å². The van der Waals surface area contributed by atoms with Crippen molar-refractivity contribution < 1.29 is 9.84 Å². The van der Waals surface area contributed by atoms with Gasteiger partial charge in [0, 0.05) is 0 Å². The van der Waals surface area contributed by atoms with Crippen LogP contribution in [0.5, 0.6) is 0 Å². The molecule has 0 saturated carbocycles. The molecule has 0 fully saturated rings. The van der Waals surface area contributed by atoms with Crippen molar-refractivity contribution in [3.8, 4) is 0 Å². The first-order chi connectivity index (χ1) is 7.33. The van der Waals surface area contributed by atoms with Crippen LogP contribution in [0.3, 0.4) is 0 Å². The zero-order valence-electron chi connectivity index (χ0n) is 8.63. The molecule has 1 N–H and O–H groups in total. The number of rotatable bonds is 7. The molecular weight excluding hydrogens is 255 g/mol. The molecule has 0 aliphatic rings. The van der Waals surface area contributed by atoms with Crippen molar-refractivity contribution in [1.29, 1.82) is 0 Å². The zero-order chi connectivity index (χ0) is 10.9. The second kappa shape index (κ2) is 7.66. The van der Waals surface area contributed by atoms with Crippen LogP contribution in [0, 0.1) is 0 Å². The first kappa shape index (κ1) is 12.5. The molecular formula is C12H16O2Se. The van der Waals surface area contributed by atoms with Crippen LogP contribution in [0.1, 0.15) is 0 Å². The monoisotopic (exact) mass is 272 g/mol. The van der Waals surface area contributed by atoms with Gasteiger partial charge in [0.2, 0.25) is 0 Å². The molecule has 0 amide bonds. The van der Waals surface area contributed by atoms with Gasteiger partial charge in [0.1, 0.15) is 0 Å². The normalized spacial score (nSPS) is 12.3. The molecule has 15 heavy (non-hydrogen) atoms. The van der Waals surface area contributed by atoms with Crippen LogP contribution >= 0.6 is 0 Å². The van der Waals surface area contributed by atoms with Crippen LogP contribution in [-0.4, -0.2) is 39.4 Å². The van der Waals surface area contributed by atoms with Crippen LogP contribution in [0.25, 0.3) is 0 Å². The van der Waals surface area contributed by atoms with Crippen molar-refractivity contribution in [2.24, 2.45) is 0 Å². The van der Waals surface area contributed by atoms with E-state index < -0.39 is 0 Å². The molecule has 2 nitrogen and oxygen atoms in total. The Morgan fingerprint density at radius 1 is 1.40 bits per heavy atom. The van der Waals surface area contributed by atoms with Crippen LogP contribution in [0.4, 0.5) is 0 Å². The predicted octanol–water partition coefficient (Wildman–Crippen LogP) is 0.998. The fraction of sp³-hybridized carbons (Fsp3) is 0.333. The summed E-state index contributed by atoms with van der Waals surface area (Å²) in [5.41, 5.74) is 0. The molecule has 0 aromatic heterocycles. The van der Waals surface area contributed by atoms with E-state index in [4.69, 9.17) is 4.74 Å². The Bertz CT molecular complexity index is 274. The standard InChI is InChI=1S/C12H16O2Se/c1-2-8-14-9-11(13)10-15-12-6-4-3-5-7-12/h2-7,11,13H,1,8-10H2. The zero-order valence-corrected chi connectivity index (χ0v) is 10.3. The van der Waals surface area contributed by atoms with Gasteiger partial charge in [-0.3, -0.25) is 0 Å². The molecule has 0 radical (unpaired) electrons. The molecule has 0 heterocycles. The van der Waals surface area contributed by atoms with E-state index in [0.717, 1.165) is 5.32 Å². The summed E-state index contributed by atoms with van der Waals surface area (Å²) in [5, 5.41) is 10.4. The van der Waals surface area contributed by atoms with Gasteiger partial charge in [0.05, 0.1) is 0 Å². The number of ether oxygens (including phenoxy) is 1. The van der Waals surface area contributed by atoms with E-state index in [1.54, 1.807) is 6.08 Å². The molecule has 82 valence electrons. The summed E-state index contributed by atoms with van der Waals surface area (Å²) in [5.74, 6) is 0. The first-order valence-electron chi connectivity index (χ1n) is 4.87. The number of hydrogen-bond acceptors (Lipinski definition) is 2. The predicted molar refractivity (Wildman–Crippen MR) is 63.7 cm³/mol. The molecule has 1 rings (SSSR count). The molecule has 0 aliphatic heterocycles. The SMILES string of the molecule is C=CCOCC(O)C[Se]c1ccccc1. The van der Waals surface area contributed by atoms with Gasteiger partial charge in [-0.15, -0.1) is 0 Å². The number of benzene rings is 1. The summed E-state index contributed by atoms with van der Waals surface area (Å²) in [6.07, 6.45) is 1.33. The van der Waals surface area contributed by atoms with Gasteiger partial charge in [-0.1, -0.05) is 0 Å². The van der Waals surface area contributed by atoms with Crippen LogP contribution in [0.15, 0.2) is 43.0 Å². The fourth-order valence-corrected chi connectivity index (χ4v) is 2.79. The molecule has 1 unspecified atom stereocenters. The third-order valence-corrected chi connectivity index (χ3v) is 4.16. The summed E-state index contributed by atoms with van der Waals surface area (Å²) >= 11 is 0.332. The third kappa shape index (κ3) is 5.75. The average molecular weight is 271 g/mol. The second-order valence-corrected chi connectivity index (χ2v) is 5.40. The Morgan fingerprint density at radius 2 is 2.13 bits per heavy atom. The molecule has 1 atom stereocenters. The van der Waals surface area contributed by atoms with Crippen molar-refractivity contribution in [3.63, 3.8) is 0 Å². The maximum atomic E-state index is 9.59. The molecule has 0 saturated heterocycles. The van der Waals surface area contributed by atoms with Gasteiger partial charge < -0.3 is 0 Å². The minimum atomic E-state index is -0.356. The Hall–Kier alpha value is -0.601. The van der Waals surface area contributed by atoms with Crippen LogP contribution in [0.2, 0.25) is 5.32 Å². The quantitative estimate of drug-likeness (QED) is 0.455. The Kier molecular flexibility index (Phi) is 6.37. The van der Waals surface area contributed by atoms with Crippen molar-refractivity contribution in [1.82, 2.24) is 0 Å². The van der Waals surface area contributed by atoms with Gasteiger partial charge in [-0.05, 0) is 0 Å². The van der Waals surface area contributed by atoms with Gasteiger partial charge in [0.25, 0.3) is 0 Å². The summed E-state index contributed by atoms with van der Waals surface area (Å²) in [6.45, 7) is 4.46. The van der Waals surface area contributed by atoms with Gasteiger partial charge in [-0.25, -0.2) is 0 Å². The molecule has 1 aromatic rings. The van der Waals surface area contributed by atoms with Crippen molar-refractivity contribution in [3.05, 3.63) is 43.0 Å². The van der Waals surface area contributed by atoms with Crippen molar-refractivity contribution >= 4 is 19.4 Å². The minimum absolute atomic E-state index is 0.332.